The molecule has 0 saturated carbocycles. The fraction of sp³-hybridized carbons (Fsp3) is 0.375. The minimum Gasteiger partial charge on any atom is -0.497 e. The highest BCUT2D eigenvalue weighted by atomic mass is 32.2. The number of imide groups is 1. The van der Waals surface area contributed by atoms with Gasteiger partial charge in [-0.15, -0.1) is 10.2 Å². The van der Waals surface area contributed by atoms with Crippen molar-refractivity contribution in [2.45, 2.75) is 24.1 Å². The number of thioether (sulfide) groups is 1. The zero-order valence-corrected chi connectivity index (χ0v) is 16.2. The number of hydrogen-bond donors (Lipinski definition) is 3. The third-order valence-corrected chi connectivity index (χ3v) is 5.12. The molecule has 0 radical (unpaired) electrons. The van der Waals surface area contributed by atoms with Crippen LogP contribution in [0.4, 0.5) is 15.6 Å². The van der Waals surface area contributed by atoms with Crippen LogP contribution in [0.5, 0.6) is 5.75 Å². The number of carbonyl (C=O) groups excluding carboxylic acids is 2. The number of ether oxygens (including phenoxy) is 1. The Kier molecular flexibility index (Phi) is 8.16. The van der Waals surface area contributed by atoms with Crippen LogP contribution >= 0.6 is 23.1 Å². The van der Waals surface area contributed by atoms with Gasteiger partial charge in [0.05, 0.1) is 12.9 Å². The first-order valence-corrected chi connectivity index (χ1v) is 9.86. The van der Waals surface area contributed by atoms with Gasteiger partial charge in [0.1, 0.15) is 5.75 Å². The molecule has 0 aliphatic rings. The van der Waals surface area contributed by atoms with E-state index >= 15 is 0 Å². The maximum absolute atomic E-state index is 11.8. The molecular weight excluding hydrogens is 374 g/mol. The first-order chi connectivity index (χ1) is 12.6. The lowest BCUT2D eigenvalue weighted by Crippen LogP contribution is -2.40. The summed E-state index contributed by atoms with van der Waals surface area (Å²) in [6, 6.07) is 6.96. The molecule has 1 aromatic heterocycles. The van der Waals surface area contributed by atoms with Gasteiger partial charge in [0.25, 0.3) is 0 Å². The lowest BCUT2D eigenvalue weighted by atomic mass is 10.3. The summed E-state index contributed by atoms with van der Waals surface area (Å²) in [5, 5.41) is 16.7. The summed E-state index contributed by atoms with van der Waals surface area (Å²) in [5.74, 6) is 0.496. The molecule has 3 N–H and O–H groups in total. The molecule has 8 nitrogen and oxygen atoms in total. The number of nitrogens with one attached hydrogen (secondary N) is 3. The summed E-state index contributed by atoms with van der Waals surface area (Å²) in [4.78, 5) is 23.2. The van der Waals surface area contributed by atoms with Crippen molar-refractivity contribution < 1.29 is 14.3 Å². The molecule has 0 atom stereocenters. The third kappa shape index (κ3) is 6.89. The first-order valence-electron chi connectivity index (χ1n) is 8.05. The van der Waals surface area contributed by atoms with E-state index in [4.69, 9.17) is 4.74 Å². The number of unbranched alkanes of at least 4 members (excludes halogenated alkanes) is 1. The quantitative estimate of drug-likeness (QED) is 0.443. The van der Waals surface area contributed by atoms with Crippen LogP contribution in [-0.2, 0) is 4.79 Å². The smallest absolute Gasteiger partial charge is 0.321 e. The molecule has 0 saturated heterocycles. The molecule has 1 aromatic carbocycles. The van der Waals surface area contributed by atoms with E-state index in [1.807, 2.05) is 31.2 Å². The van der Waals surface area contributed by atoms with Crippen LogP contribution in [0.15, 0.2) is 28.6 Å². The van der Waals surface area contributed by atoms with Gasteiger partial charge >= 0.3 is 6.03 Å². The second kappa shape index (κ2) is 10.6. The summed E-state index contributed by atoms with van der Waals surface area (Å²) in [7, 11) is 1.61. The molecule has 0 unspecified atom stereocenters. The predicted molar refractivity (Wildman–Crippen MR) is 103 cm³/mol. The predicted octanol–water partition coefficient (Wildman–Crippen LogP) is 3.01. The summed E-state index contributed by atoms with van der Waals surface area (Å²) in [5.41, 5.74) is 0.861. The van der Waals surface area contributed by atoms with Crippen molar-refractivity contribution in [3.8, 4) is 5.75 Å². The molecule has 1 heterocycles. The van der Waals surface area contributed by atoms with Crippen molar-refractivity contribution in [2.24, 2.45) is 0 Å². The molecule has 0 fully saturated rings. The topological polar surface area (TPSA) is 105 Å². The zero-order valence-electron chi connectivity index (χ0n) is 14.6. The highest BCUT2D eigenvalue weighted by Gasteiger charge is 2.11. The number of urea groups is 1. The van der Waals surface area contributed by atoms with Gasteiger partial charge in [-0.2, -0.15) is 0 Å². The van der Waals surface area contributed by atoms with E-state index in [2.05, 4.69) is 26.1 Å². The summed E-state index contributed by atoms with van der Waals surface area (Å²) >= 11 is 2.56. The highest BCUT2D eigenvalue weighted by molar-refractivity contribution is 8.01. The Balaban J connectivity index is 1.75. The maximum Gasteiger partial charge on any atom is 0.321 e. The molecule has 0 aliphatic carbocycles. The number of nitrogens with zero attached hydrogens (tertiary/aromatic N) is 2. The van der Waals surface area contributed by atoms with E-state index < -0.39 is 6.03 Å². The minimum atomic E-state index is -0.469. The Bertz CT molecular complexity index is 721. The normalized spacial score (nSPS) is 10.2. The first kappa shape index (κ1) is 20.0. The van der Waals surface area contributed by atoms with Crippen LogP contribution in [0.25, 0.3) is 0 Å². The molecule has 140 valence electrons. The Labute approximate surface area is 160 Å². The lowest BCUT2D eigenvalue weighted by molar-refractivity contribution is -0.117. The van der Waals surface area contributed by atoms with Gasteiger partial charge in [0.15, 0.2) is 4.34 Å². The van der Waals surface area contributed by atoms with Crippen molar-refractivity contribution in [1.29, 1.82) is 0 Å². The Morgan fingerprint density at radius 2 is 2.00 bits per heavy atom. The number of rotatable bonds is 9. The monoisotopic (exact) mass is 395 g/mol. The molecule has 10 heteroatoms. The number of hydrogen-bond acceptors (Lipinski definition) is 8. The van der Waals surface area contributed by atoms with Gasteiger partial charge < -0.3 is 15.4 Å². The number of anilines is 2. The second-order valence-electron chi connectivity index (χ2n) is 5.17. The number of aromatic nitrogens is 2. The fourth-order valence-electron chi connectivity index (χ4n) is 1.83. The van der Waals surface area contributed by atoms with Crippen LogP contribution in [0.2, 0.25) is 0 Å². The molecule has 2 aromatic rings. The van der Waals surface area contributed by atoms with E-state index in [1.165, 1.54) is 23.1 Å². The van der Waals surface area contributed by atoms with Crippen molar-refractivity contribution in [1.82, 2.24) is 20.8 Å². The maximum atomic E-state index is 11.8. The number of benzene rings is 1. The van der Waals surface area contributed by atoms with E-state index in [0.717, 1.165) is 24.3 Å². The van der Waals surface area contributed by atoms with E-state index in [1.54, 1.807) is 7.11 Å². The van der Waals surface area contributed by atoms with Gasteiger partial charge in [-0.1, -0.05) is 36.4 Å². The van der Waals surface area contributed by atoms with Crippen LogP contribution in [0.3, 0.4) is 0 Å². The molecule has 2 rings (SSSR count). The van der Waals surface area contributed by atoms with Gasteiger partial charge in [0, 0.05) is 12.2 Å². The van der Waals surface area contributed by atoms with E-state index in [0.29, 0.717) is 16.0 Å². The lowest BCUT2D eigenvalue weighted by Gasteiger charge is -2.05. The minimum absolute atomic E-state index is 0.0956. The van der Waals surface area contributed by atoms with Crippen LogP contribution < -0.4 is 20.7 Å². The number of methoxy groups -OCH3 is 1. The number of amides is 3. The van der Waals surface area contributed by atoms with Gasteiger partial charge in [-0.05, 0) is 30.7 Å². The second-order valence-corrected chi connectivity index (χ2v) is 7.37. The summed E-state index contributed by atoms with van der Waals surface area (Å²) in [6.07, 6.45) is 1.86. The molecular formula is C16H21N5O3S2. The van der Waals surface area contributed by atoms with Crippen LogP contribution in [0.1, 0.15) is 19.8 Å². The van der Waals surface area contributed by atoms with Crippen molar-refractivity contribution in [2.75, 3.05) is 24.7 Å². The highest BCUT2D eigenvalue weighted by Crippen LogP contribution is 2.28. The van der Waals surface area contributed by atoms with Gasteiger partial charge in [0.2, 0.25) is 11.0 Å². The van der Waals surface area contributed by atoms with E-state index in [-0.39, 0.29) is 11.7 Å². The number of carbonyl (C=O) groups is 2. The third-order valence-electron chi connectivity index (χ3n) is 3.14. The fourth-order valence-corrected chi connectivity index (χ4v) is 3.40. The standard InChI is InChI=1S/C16H21N5O3S2/c1-3-4-9-17-14(23)19-13(22)10-25-16-21-20-15(26-16)18-11-5-7-12(24-2)8-6-11/h5-8H,3-4,9-10H2,1-2H3,(H,18,20)(H2,17,19,22,23). The molecule has 0 spiro atoms. The Morgan fingerprint density at radius 1 is 1.23 bits per heavy atom. The van der Waals surface area contributed by atoms with Gasteiger partial charge in [-0.25, -0.2) is 4.79 Å². The van der Waals surface area contributed by atoms with Gasteiger partial charge in [-0.3, -0.25) is 10.1 Å². The van der Waals surface area contributed by atoms with Crippen molar-refractivity contribution in [3.05, 3.63) is 24.3 Å². The van der Waals surface area contributed by atoms with Crippen LogP contribution in [-0.4, -0.2) is 41.5 Å². The SMILES string of the molecule is CCCCNC(=O)NC(=O)CSc1nnc(Nc2ccc(OC)cc2)s1. The van der Waals surface area contributed by atoms with Crippen molar-refractivity contribution >= 4 is 45.9 Å². The zero-order chi connectivity index (χ0) is 18.8. The van der Waals surface area contributed by atoms with E-state index in [9.17, 15) is 9.59 Å². The van der Waals surface area contributed by atoms with Crippen molar-refractivity contribution in [3.63, 3.8) is 0 Å². The molecule has 0 bridgehead atoms. The summed E-state index contributed by atoms with van der Waals surface area (Å²) in [6.45, 7) is 2.58. The average molecular weight is 396 g/mol. The molecule has 26 heavy (non-hydrogen) atoms. The largest absolute Gasteiger partial charge is 0.497 e. The van der Waals surface area contributed by atoms with Crippen LogP contribution in [0, 0.1) is 0 Å². The Morgan fingerprint density at radius 3 is 2.69 bits per heavy atom. The molecule has 0 aliphatic heterocycles. The molecule has 3 amide bonds. The Hall–Kier alpha value is -2.33. The average Bonchev–Trinajstić information content (AvgIpc) is 3.08. The summed E-state index contributed by atoms with van der Waals surface area (Å²) < 4.78 is 5.75.